The Balaban J connectivity index is 1.84. The molecule has 126 valence electrons. The summed E-state index contributed by atoms with van der Waals surface area (Å²) < 4.78 is 0. The second kappa shape index (κ2) is 6.12. The average molecular weight is 343 g/mol. The first-order valence-electron chi connectivity index (χ1n) is 8.52. The Bertz CT molecular complexity index is 741. The van der Waals surface area contributed by atoms with Gasteiger partial charge in [-0.1, -0.05) is 19.8 Å². The van der Waals surface area contributed by atoms with E-state index in [1.807, 2.05) is 7.05 Å². The second-order valence-corrected chi connectivity index (χ2v) is 7.32. The van der Waals surface area contributed by atoms with Crippen LogP contribution in [0.1, 0.15) is 39.0 Å². The van der Waals surface area contributed by atoms with Gasteiger partial charge in [-0.2, -0.15) is 0 Å². The Labute approximate surface area is 145 Å². The summed E-state index contributed by atoms with van der Waals surface area (Å²) in [5.74, 6) is 1.73. The number of carbonyl (C=O) groups excluding carboxylic acids is 1. The Kier molecular flexibility index (Phi) is 3.96. The van der Waals surface area contributed by atoms with Gasteiger partial charge in [-0.25, -0.2) is 9.97 Å². The van der Waals surface area contributed by atoms with Gasteiger partial charge >= 0.3 is 0 Å². The highest BCUT2D eigenvalue weighted by atomic mass is 32.1. The fraction of sp³-hybridized carbons (Fsp3) is 0.529. The zero-order chi connectivity index (χ0) is 16.7. The van der Waals surface area contributed by atoms with Crippen LogP contribution in [0.25, 0.3) is 10.7 Å². The molecule has 0 N–H and O–H groups in total. The van der Waals surface area contributed by atoms with Crippen LogP contribution in [0.4, 0.5) is 11.5 Å². The molecule has 1 saturated carbocycles. The normalized spacial score (nSPS) is 21.4. The number of aromatic nitrogens is 3. The predicted octanol–water partition coefficient (Wildman–Crippen LogP) is 3.10. The molecule has 3 heterocycles. The minimum Gasteiger partial charge on any atom is -0.340 e. The Morgan fingerprint density at radius 1 is 1.29 bits per heavy atom. The molecule has 1 fully saturated rings. The molecule has 6 nitrogen and oxygen atoms in total. The van der Waals surface area contributed by atoms with Gasteiger partial charge in [-0.05, 0) is 19.3 Å². The lowest BCUT2D eigenvalue weighted by Crippen LogP contribution is -2.55. The van der Waals surface area contributed by atoms with E-state index >= 15 is 0 Å². The van der Waals surface area contributed by atoms with Crippen molar-refractivity contribution >= 4 is 28.7 Å². The van der Waals surface area contributed by atoms with Gasteiger partial charge in [0.15, 0.2) is 11.6 Å². The fourth-order valence-electron chi connectivity index (χ4n) is 3.83. The molecule has 1 amide bonds. The van der Waals surface area contributed by atoms with Crippen LogP contribution in [-0.4, -0.2) is 40.0 Å². The summed E-state index contributed by atoms with van der Waals surface area (Å²) in [6.45, 7) is 2.08. The largest absolute Gasteiger partial charge is 0.340 e. The number of rotatable bonds is 3. The second-order valence-electron chi connectivity index (χ2n) is 6.43. The number of thiazole rings is 1. The lowest BCUT2D eigenvalue weighted by molar-refractivity contribution is -0.120. The minimum absolute atomic E-state index is 0.130. The van der Waals surface area contributed by atoms with E-state index in [0.29, 0.717) is 11.9 Å². The van der Waals surface area contributed by atoms with Gasteiger partial charge in [0.05, 0.1) is 16.6 Å². The minimum atomic E-state index is -0.130. The van der Waals surface area contributed by atoms with Crippen LogP contribution in [0, 0.1) is 0 Å². The van der Waals surface area contributed by atoms with Crippen molar-refractivity contribution in [3.63, 3.8) is 0 Å². The van der Waals surface area contributed by atoms with Crippen LogP contribution in [0.2, 0.25) is 0 Å². The summed E-state index contributed by atoms with van der Waals surface area (Å²) in [4.78, 5) is 31.2. The van der Waals surface area contributed by atoms with Gasteiger partial charge in [0.25, 0.3) is 0 Å². The van der Waals surface area contributed by atoms with E-state index in [-0.39, 0.29) is 11.9 Å². The summed E-state index contributed by atoms with van der Waals surface area (Å²) in [6, 6.07) is 0.269. The number of nitrogens with zero attached hydrogens (tertiary/aromatic N) is 5. The molecule has 1 aliphatic carbocycles. The third-order valence-electron chi connectivity index (χ3n) is 5.06. The number of fused-ring (bicyclic) bond motifs is 1. The number of amides is 1. The van der Waals surface area contributed by atoms with E-state index in [4.69, 9.17) is 4.98 Å². The first-order valence-corrected chi connectivity index (χ1v) is 9.40. The molecular formula is C17H21N5OS. The van der Waals surface area contributed by atoms with Crippen LogP contribution in [0.3, 0.4) is 0 Å². The summed E-state index contributed by atoms with van der Waals surface area (Å²) >= 11 is 1.53. The van der Waals surface area contributed by atoms with Crippen molar-refractivity contribution in [1.29, 1.82) is 0 Å². The molecule has 1 atom stereocenters. The summed E-state index contributed by atoms with van der Waals surface area (Å²) in [5.41, 5.74) is 2.60. The highest BCUT2D eigenvalue weighted by molar-refractivity contribution is 7.13. The van der Waals surface area contributed by atoms with Crippen molar-refractivity contribution in [2.75, 3.05) is 16.8 Å². The van der Waals surface area contributed by atoms with Crippen LogP contribution >= 0.6 is 11.3 Å². The van der Waals surface area contributed by atoms with Gasteiger partial charge in [-0.3, -0.25) is 9.78 Å². The third-order valence-corrected chi connectivity index (χ3v) is 5.83. The molecule has 0 radical (unpaired) electrons. The highest BCUT2D eigenvalue weighted by Crippen LogP contribution is 2.40. The molecule has 2 aromatic heterocycles. The number of hydrogen-bond acceptors (Lipinski definition) is 6. The SMILES string of the molecule is CC[C@@H]1C(=O)N(C)c2cnc(-c3cncs3)nc2N1C1CCCC1. The first kappa shape index (κ1) is 15.5. The maximum atomic E-state index is 12.8. The van der Waals surface area contributed by atoms with Gasteiger partial charge in [0.1, 0.15) is 11.7 Å². The van der Waals surface area contributed by atoms with E-state index in [9.17, 15) is 4.79 Å². The number of likely N-dealkylation sites (N-methyl/N-ethyl adjacent to an activating group) is 1. The molecule has 0 aromatic carbocycles. The van der Waals surface area contributed by atoms with E-state index in [1.165, 1.54) is 24.2 Å². The van der Waals surface area contributed by atoms with Crippen molar-refractivity contribution in [2.45, 2.75) is 51.1 Å². The molecule has 2 aliphatic rings. The monoisotopic (exact) mass is 343 g/mol. The Morgan fingerprint density at radius 3 is 2.75 bits per heavy atom. The number of hydrogen-bond donors (Lipinski definition) is 0. The van der Waals surface area contributed by atoms with Crippen LogP contribution in [0.5, 0.6) is 0 Å². The highest BCUT2D eigenvalue weighted by Gasteiger charge is 2.41. The van der Waals surface area contributed by atoms with E-state index in [1.54, 1.807) is 22.8 Å². The average Bonchev–Trinajstić information content (AvgIpc) is 3.30. The van der Waals surface area contributed by atoms with Gasteiger partial charge in [-0.15, -0.1) is 11.3 Å². The van der Waals surface area contributed by atoms with Crippen LogP contribution in [0.15, 0.2) is 17.9 Å². The lowest BCUT2D eigenvalue weighted by Gasteiger charge is -2.43. The topological polar surface area (TPSA) is 62.2 Å². The van der Waals surface area contributed by atoms with Crippen molar-refractivity contribution in [3.8, 4) is 10.7 Å². The number of anilines is 2. The molecule has 0 unspecified atom stereocenters. The summed E-state index contributed by atoms with van der Waals surface area (Å²) in [5, 5.41) is 0. The predicted molar refractivity (Wildman–Crippen MR) is 95.4 cm³/mol. The zero-order valence-corrected chi connectivity index (χ0v) is 14.8. The maximum absolute atomic E-state index is 12.8. The Hall–Kier alpha value is -2.02. The van der Waals surface area contributed by atoms with Gasteiger partial charge in [0, 0.05) is 19.3 Å². The van der Waals surface area contributed by atoms with Gasteiger partial charge < -0.3 is 9.80 Å². The summed E-state index contributed by atoms with van der Waals surface area (Å²) in [7, 11) is 1.82. The van der Waals surface area contributed by atoms with Crippen molar-refractivity contribution in [2.24, 2.45) is 0 Å². The molecule has 1 aliphatic heterocycles. The van der Waals surface area contributed by atoms with E-state index in [2.05, 4.69) is 21.8 Å². The number of carbonyl (C=O) groups is 1. The van der Waals surface area contributed by atoms with Crippen molar-refractivity contribution in [1.82, 2.24) is 15.0 Å². The van der Waals surface area contributed by atoms with Crippen molar-refractivity contribution in [3.05, 3.63) is 17.9 Å². The molecule has 0 saturated heterocycles. The maximum Gasteiger partial charge on any atom is 0.249 e. The molecule has 7 heteroatoms. The quantitative estimate of drug-likeness (QED) is 0.857. The smallest absolute Gasteiger partial charge is 0.249 e. The zero-order valence-electron chi connectivity index (χ0n) is 14.0. The standard InChI is InChI=1S/C17H21N5OS/c1-3-12-17(23)21(2)13-8-19-15(14-9-18-10-24-14)20-16(13)22(12)11-6-4-5-7-11/h8-12H,3-7H2,1-2H3/t12-/m1/s1. The molecule has 24 heavy (non-hydrogen) atoms. The van der Waals surface area contributed by atoms with Gasteiger partial charge in [0.2, 0.25) is 5.91 Å². The molecule has 0 bridgehead atoms. The molecule has 0 spiro atoms. The lowest BCUT2D eigenvalue weighted by atomic mass is 10.0. The van der Waals surface area contributed by atoms with Crippen molar-refractivity contribution < 1.29 is 4.79 Å². The first-order chi connectivity index (χ1) is 11.7. The van der Waals surface area contributed by atoms with Crippen LogP contribution in [-0.2, 0) is 4.79 Å². The molecule has 2 aromatic rings. The molecular weight excluding hydrogens is 322 g/mol. The third kappa shape index (κ3) is 2.38. The summed E-state index contributed by atoms with van der Waals surface area (Å²) in [6.07, 6.45) is 9.08. The Morgan fingerprint density at radius 2 is 2.08 bits per heavy atom. The van der Waals surface area contributed by atoms with Crippen LogP contribution < -0.4 is 9.80 Å². The van der Waals surface area contributed by atoms with E-state index < -0.39 is 0 Å². The fourth-order valence-corrected chi connectivity index (χ4v) is 4.39. The van der Waals surface area contributed by atoms with E-state index in [0.717, 1.165) is 35.6 Å². The molecule has 4 rings (SSSR count).